The summed E-state index contributed by atoms with van der Waals surface area (Å²) in [5.74, 6) is 0. The molecule has 0 aliphatic heterocycles. The smallest absolute Gasteiger partial charge is 0.0491 e. The van der Waals surface area contributed by atoms with Crippen LogP contribution in [0, 0.1) is 13.8 Å². The zero-order valence-electron chi connectivity index (χ0n) is 11.7. The minimum atomic E-state index is -0.173. The lowest BCUT2D eigenvalue weighted by Crippen LogP contribution is -2.26. The minimum Gasteiger partial charge on any atom is -0.322 e. The first-order valence-electron chi connectivity index (χ1n) is 6.22. The Kier molecular flexibility index (Phi) is 7.84. The topological polar surface area (TPSA) is 52.0 Å². The summed E-state index contributed by atoms with van der Waals surface area (Å²) in [6.07, 6.45) is 0. The van der Waals surface area contributed by atoms with E-state index in [1.165, 1.54) is 11.1 Å². The van der Waals surface area contributed by atoms with Gasteiger partial charge in [0.25, 0.3) is 0 Å². The second-order valence-electron chi connectivity index (χ2n) is 4.87. The van der Waals surface area contributed by atoms with Crippen LogP contribution in [0.4, 0.5) is 0 Å². The van der Waals surface area contributed by atoms with Crippen LogP contribution in [-0.2, 0) is 0 Å². The lowest BCUT2D eigenvalue weighted by Gasteiger charge is -2.21. The predicted octanol–water partition coefficient (Wildman–Crippen LogP) is 3.85. The molecular formula is C16H22Cl2N2. The number of hydrogen-bond acceptors (Lipinski definition) is 2. The Morgan fingerprint density at radius 3 is 1.10 bits per heavy atom. The van der Waals surface area contributed by atoms with Crippen molar-refractivity contribution in [1.82, 2.24) is 0 Å². The van der Waals surface area contributed by atoms with Crippen molar-refractivity contribution in [3.63, 3.8) is 0 Å². The maximum absolute atomic E-state index is 6.23. The van der Waals surface area contributed by atoms with Gasteiger partial charge >= 0.3 is 0 Å². The number of nitrogens with two attached hydrogens (primary N) is 2. The molecule has 0 unspecified atom stereocenters. The highest BCUT2D eigenvalue weighted by Crippen LogP contribution is 2.24. The Labute approximate surface area is 133 Å². The number of halogens is 2. The average Bonchev–Trinajstić information content (AvgIpc) is 2.39. The third-order valence-corrected chi connectivity index (χ3v) is 3.31. The monoisotopic (exact) mass is 312 g/mol. The molecule has 4 heteroatoms. The van der Waals surface area contributed by atoms with Gasteiger partial charge in [-0.25, -0.2) is 0 Å². The summed E-state index contributed by atoms with van der Waals surface area (Å²) >= 11 is 0. The summed E-state index contributed by atoms with van der Waals surface area (Å²) in [4.78, 5) is 0. The summed E-state index contributed by atoms with van der Waals surface area (Å²) in [7, 11) is 0. The molecular weight excluding hydrogens is 291 g/mol. The molecule has 2 rings (SSSR count). The first-order chi connectivity index (χ1) is 8.58. The van der Waals surface area contributed by atoms with Crippen molar-refractivity contribution in [3.05, 3.63) is 70.8 Å². The van der Waals surface area contributed by atoms with E-state index < -0.39 is 0 Å². The molecule has 4 N–H and O–H groups in total. The molecule has 0 spiro atoms. The summed E-state index contributed by atoms with van der Waals surface area (Å²) in [6, 6.07) is 16.1. The zero-order chi connectivity index (χ0) is 13.1. The third kappa shape index (κ3) is 4.50. The molecule has 0 heterocycles. The van der Waals surface area contributed by atoms with Crippen molar-refractivity contribution in [3.8, 4) is 0 Å². The lowest BCUT2D eigenvalue weighted by molar-refractivity contribution is 0.574. The highest BCUT2D eigenvalue weighted by Gasteiger charge is 2.16. The summed E-state index contributed by atoms with van der Waals surface area (Å²) in [5.41, 5.74) is 17.1. The van der Waals surface area contributed by atoms with Crippen molar-refractivity contribution < 1.29 is 0 Å². The van der Waals surface area contributed by atoms with Gasteiger partial charge < -0.3 is 11.5 Å². The lowest BCUT2D eigenvalue weighted by atomic mass is 9.94. The molecule has 0 fully saturated rings. The van der Waals surface area contributed by atoms with Gasteiger partial charge in [-0.3, -0.25) is 0 Å². The van der Waals surface area contributed by atoms with Gasteiger partial charge in [0.2, 0.25) is 0 Å². The van der Waals surface area contributed by atoms with Gasteiger partial charge in [-0.1, -0.05) is 59.7 Å². The molecule has 0 radical (unpaired) electrons. The number of aryl methyl sites for hydroxylation is 2. The Morgan fingerprint density at radius 1 is 0.600 bits per heavy atom. The maximum Gasteiger partial charge on any atom is 0.0491 e. The molecule has 0 bridgehead atoms. The van der Waals surface area contributed by atoms with Crippen molar-refractivity contribution in [2.24, 2.45) is 11.5 Å². The number of hydrogen-bond donors (Lipinski definition) is 2. The van der Waals surface area contributed by atoms with Gasteiger partial charge in [0.1, 0.15) is 0 Å². The van der Waals surface area contributed by atoms with E-state index in [0.29, 0.717) is 0 Å². The molecule has 0 aliphatic rings. The van der Waals surface area contributed by atoms with Crippen LogP contribution in [0.5, 0.6) is 0 Å². The Balaban J connectivity index is 0.00000180. The van der Waals surface area contributed by atoms with E-state index in [1.54, 1.807) is 0 Å². The zero-order valence-corrected chi connectivity index (χ0v) is 13.4. The van der Waals surface area contributed by atoms with Gasteiger partial charge in [-0.15, -0.1) is 24.8 Å². The SMILES string of the molecule is Cc1ccc([C@H](N)[C@@H](N)c2ccc(C)cc2)cc1.Cl.Cl. The van der Waals surface area contributed by atoms with Crippen molar-refractivity contribution >= 4 is 24.8 Å². The Morgan fingerprint density at radius 2 is 0.850 bits per heavy atom. The molecule has 0 amide bonds. The fourth-order valence-electron chi connectivity index (χ4n) is 1.99. The van der Waals surface area contributed by atoms with Crippen LogP contribution in [0.3, 0.4) is 0 Å². The first kappa shape index (κ1) is 18.9. The van der Waals surface area contributed by atoms with Gasteiger partial charge in [0, 0.05) is 12.1 Å². The van der Waals surface area contributed by atoms with Crippen molar-refractivity contribution in [2.45, 2.75) is 25.9 Å². The molecule has 0 saturated carbocycles. The van der Waals surface area contributed by atoms with E-state index in [-0.39, 0.29) is 36.9 Å². The van der Waals surface area contributed by atoms with Gasteiger partial charge in [-0.05, 0) is 25.0 Å². The molecule has 0 aromatic heterocycles. The average molecular weight is 313 g/mol. The molecule has 2 nitrogen and oxygen atoms in total. The molecule has 2 aromatic rings. The molecule has 0 saturated heterocycles. The van der Waals surface area contributed by atoms with E-state index in [1.807, 2.05) is 24.3 Å². The molecule has 20 heavy (non-hydrogen) atoms. The fraction of sp³-hybridized carbons (Fsp3) is 0.250. The Bertz CT molecular complexity index is 460. The fourth-order valence-corrected chi connectivity index (χ4v) is 1.99. The predicted molar refractivity (Wildman–Crippen MR) is 90.7 cm³/mol. The first-order valence-corrected chi connectivity index (χ1v) is 6.22. The van der Waals surface area contributed by atoms with E-state index in [0.717, 1.165) is 11.1 Å². The van der Waals surface area contributed by atoms with E-state index in [4.69, 9.17) is 11.5 Å². The van der Waals surface area contributed by atoms with Crippen LogP contribution in [0.15, 0.2) is 48.5 Å². The second-order valence-corrected chi connectivity index (χ2v) is 4.87. The standard InChI is InChI=1S/C16H20N2.2ClH/c1-11-3-7-13(8-4-11)15(17)16(18)14-9-5-12(2)6-10-14;;/h3-10,15-16H,17-18H2,1-2H3;2*1H/t15-,16-;;/m0../s1. The van der Waals surface area contributed by atoms with Gasteiger partial charge in [0.15, 0.2) is 0 Å². The van der Waals surface area contributed by atoms with E-state index in [9.17, 15) is 0 Å². The van der Waals surface area contributed by atoms with E-state index in [2.05, 4.69) is 38.1 Å². The Hall–Kier alpha value is -1.06. The van der Waals surface area contributed by atoms with Crippen molar-refractivity contribution in [2.75, 3.05) is 0 Å². The van der Waals surface area contributed by atoms with Crippen LogP contribution >= 0.6 is 24.8 Å². The number of rotatable bonds is 3. The third-order valence-electron chi connectivity index (χ3n) is 3.31. The van der Waals surface area contributed by atoms with Crippen LogP contribution in [-0.4, -0.2) is 0 Å². The van der Waals surface area contributed by atoms with Gasteiger partial charge in [-0.2, -0.15) is 0 Å². The van der Waals surface area contributed by atoms with Crippen LogP contribution < -0.4 is 11.5 Å². The summed E-state index contributed by atoms with van der Waals surface area (Å²) < 4.78 is 0. The highest BCUT2D eigenvalue weighted by atomic mass is 35.5. The summed E-state index contributed by atoms with van der Waals surface area (Å²) in [6.45, 7) is 4.13. The minimum absolute atomic E-state index is 0. The van der Waals surface area contributed by atoms with Crippen LogP contribution in [0.1, 0.15) is 34.3 Å². The van der Waals surface area contributed by atoms with Crippen LogP contribution in [0.2, 0.25) is 0 Å². The number of benzene rings is 2. The van der Waals surface area contributed by atoms with Crippen molar-refractivity contribution in [1.29, 1.82) is 0 Å². The van der Waals surface area contributed by atoms with Gasteiger partial charge in [0.05, 0.1) is 0 Å². The normalized spacial score (nSPS) is 12.8. The maximum atomic E-state index is 6.23. The molecule has 2 atom stereocenters. The van der Waals surface area contributed by atoms with Crippen LogP contribution in [0.25, 0.3) is 0 Å². The molecule has 2 aromatic carbocycles. The quantitative estimate of drug-likeness (QED) is 0.904. The highest BCUT2D eigenvalue weighted by molar-refractivity contribution is 5.85. The van der Waals surface area contributed by atoms with E-state index >= 15 is 0 Å². The largest absolute Gasteiger partial charge is 0.322 e. The summed E-state index contributed by atoms with van der Waals surface area (Å²) in [5, 5.41) is 0. The molecule has 0 aliphatic carbocycles. The second kappa shape index (κ2) is 8.28. The molecule has 110 valence electrons.